The van der Waals surface area contributed by atoms with E-state index in [2.05, 4.69) is 29.6 Å². The first-order valence-corrected chi connectivity index (χ1v) is 8.42. The minimum atomic E-state index is -0.114. The van der Waals surface area contributed by atoms with Gasteiger partial charge >= 0.3 is 0 Å². The highest BCUT2D eigenvalue weighted by Gasteiger charge is 2.23. The quantitative estimate of drug-likeness (QED) is 0.943. The third kappa shape index (κ3) is 3.25. The highest BCUT2D eigenvalue weighted by atomic mass is 32.2. The molecule has 0 bridgehead atoms. The summed E-state index contributed by atoms with van der Waals surface area (Å²) in [6, 6.07) is 14.3. The number of nitrogens with zero attached hydrogens (tertiary/aromatic N) is 1. The van der Waals surface area contributed by atoms with Crippen LogP contribution >= 0.6 is 11.8 Å². The third-order valence-corrected chi connectivity index (χ3v) is 4.76. The van der Waals surface area contributed by atoms with Crippen LogP contribution in [0.2, 0.25) is 0 Å². The van der Waals surface area contributed by atoms with Crippen LogP contribution in [0.1, 0.15) is 18.5 Å². The van der Waals surface area contributed by atoms with E-state index in [1.165, 1.54) is 5.39 Å². The Labute approximate surface area is 133 Å². The summed E-state index contributed by atoms with van der Waals surface area (Å²) in [4.78, 5) is 25.2. The molecule has 1 unspecified atom stereocenters. The summed E-state index contributed by atoms with van der Waals surface area (Å²) >= 11 is 1.55. The van der Waals surface area contributed by atoms with Gasteiger partial charge in [0, 0.05) is 0 Å². The summed E-state index contributed by atoms with van der Waals surface area (Å²) in [6.45, 7) is 2.10. The number of thioether (sulfide) groups is 1. The number of fused-ring (bicyclic) bond motifs is 1. The summed E-state index contributed by atoms with van der Waals surface area (Å²) < 4.78 is 0. The molecule has 0 radical (unpaired) electrons. The van der Waals surface area contributed by atoms with Crippen molar-refractivity contribution in [2.24, 2.45) is 0 Å². The molecular weight excluding hydrogens is 296 g/mol. The van der Waals surface area contributed by atoms with Crippen molar-refractivity contribution in [2.75, 3.05) is 18.2 Å². The van der Waals surface area contributed by atoms with Crippen LogP contribution in [-0.2, 0) is 9.59 Å². The van der Waals surface area contributed by atoms with Gasteiger partial charge in [-0.2, -0.15) is 0 Å². The van der Waals surface area contributed by atoms with Crippen molar-refractivity contribution >= 4 is 34.3 Å². The first kappa shape index (κ1) is 14.9. The lowest BCUT2D eigenvalue weighted by Gasteiger charge is -2.18. The molecule has 2 aromatic carbocycles. The zero-order chi connectivity index (χ0) is 15.5. The van der Waals surface area contributed by atoms with Crippen molar-refractivity contribution in [2.45, 2.75) is 13.0 Å². The molecular formula is C17H18N2O2S. The minimum absolute atomic E-state index is 0.0403. The van der Waals surface area contributed by atoms with Crippen molar-refractivity contribution in [3.05, 3.63) is 48.0 Å². The third-order valence-electron chi connectivity index (χ3n) is 3.81. The molecule has 1 N–H and O–H groups in total. The van der Waals surface area contributed by atoms with E-state index >= 15 is 0 Å². The molecule has 1 heterocycles. The standard InChI is InChI=1S/C17H18N2O2S/c1-12(18-16(20)9-19-11-22-10-17(19)21)14-7-6-13-4-2-3-5-15(13)8-14/h2-8,12H,9-11H2,1H3,(H,18,20). The Kier molecular flexibility index (Phi) is 4.34. The fraction of sp³-hybridized carbons (Fsp3) is 0.294. The van der Waals surface area contributed by atoms with E-state index in [0.29, 0.717) is 11.6 Å². The molecule has 4 nitrogen and oxygen atoms in total. The van der Waals surface area contributed by atoms with Crippen molar-refractivity contribution in [3.63, 3.8) is 0 Å². The number of benzene rings is 2. The van der Waals surface area contributed by atoms with E-state index in [1.807, 2.05) is 25.1 Å². The molecule has 5 heteroatoms. The van der Waals surface area contributed by atoms with Crippen molar-refractivity contribution in [1.29, 1.82) is 0 Å². The van der Waals surface area contributed by atoms with Crippen molar-refractivity contribution < 1.29 is 9.59 Å². The van der Waals surface area contributed by atoms with Crippen LogP contribution in [0, 0.1) is 0 Å². The van der Waals surface area contributed by atoms with Crippen molar-refractivity contribution in [3.8, 4) is 0 Å². The predicted molar refractivity (Wildman–Crippen MR) is 89.5 cm³/mol. The second-order valence-electron chi connectivity index (χ2n) is 5.47. The van der Waals surface area contributed by atoms with E-state index in [1.54, 1.807) is 16.7 Å². The lowest BCUT2D eigenvalue weighted by molar-refractivity contribution is -0.132. The van der Waals surface area contributed by atoms with Crippen LogP contribution in [0.3, 0.4) is 0 Å². The predicted octanol–water partition coefficient (Wildman–Crippen LogP) is 2.55. The maximum Gasteiger partial charge on any atom is 0.240 e. The SMILES string of the molecule is CC(NC(=O)CN1CSCC1=O)c1ccc2ccccc2c1. The zero-order valence-corrected chi connectivity index (χ0v) is 13.2. The first-order chi connectivity index (χ1) is 10.6. The Morgan fingerprint density at radius 1 is 1.27 bits per heavy atom. The highest BCUT2D eigenvalue weighted by molar-refractivity contribution is 8.00. The van der Waals surface area contributed by atoms with Gasteiger partial charge in [-0.25, -0.2) is 0 Å². The van der Waals surface area contributed by atoms with Crippen LogP contribution in [0.4, 0.5) is 0 Å². The first-order valence-electron chi connectivity index (χ1n) is 7.27. The topological polar surface area (TPSA) is 49.4 Å². The fourth-order valence-electron chi connectivity index (χ4n) is 2.56. The maximum absolute atomic E-state index is 12.1. The van der Waals surface area contributed by atoms with Crippen LogP contribution < -0.4 is 5.32 Å². The van der Waals surface area contributed by atoms with Crippen LogP contribution in [0.15, 0.2) is 42.5 Å². The van der Waals surface area contributed by atoms with Gasteiger partial charge in [0.15, 0.2) is 0 Å². The van der Waals surface area contributed by atoms with E-state index in [4.69, 9.17) is 0 Å². The molecule has 1 saturated heterocycles. The second-order valence-corrected chi connectivity index (χ2v) is 6.42. The lowest BCUT2D eigenvalue weighted by Crippen LogP contribution is -2.39. The molecule has 2 aromatic rings. The highest BCUT2D eigenvalue weighted by Crippen LogP contribution is 2.20. The number of nitrogens with one attached hydrogen (secondary N) is 1. The summed E-state index contributed by atoms with van der Waals surface area (Å²) in [7, 11) is 0. The van der Waals surface area contributed by atoms with E-state index < -0.39 is 0 Å². The Morgan fingerprint density at radius 2 is 2.05 bits per heavy atom. The Morgan fingerprint density at radius 3 is 2.77 bits per heavy atom. The number of hydrogen-bond donors (Lipinski definition) is 1. The number of carbonyl (C=O) groups is 2. The monoisotopic (exact) mass is 314 g/mol. The Hall–Kier alpha value is -2.01. The summed E-state index contributed by atoms with van der Waals surface area (Å²) in [5.74, 6) is 1.01. The van der Waals surface area contributed by atoms with Crippen molar-refractivity contribution in [1.82, 2.24) is 10.2 Å². The molecule has 1 aliphatic heterocycles. The molecule has 0 saturated carbocycles. The van der Waals surface area contributed by atoms with Gasteiger partial charge in [-0.1, -0.05) is 36.4 Å². The average Bonchev–Trinajstić information content (AvgIpc) is 2.91. The molecule has 1 atom stereocenters. The van der Waals surface area contributed by atoms with E-state index in [-0.39, 0.29) is 24.4 Å². The summed E-state index contributed by atoms with van der Waals surface area (Å²) in [5.41, 5.74) is 1.06. The lowest BCUT2D eigenvalue weighted by atomic mass is 10.0. The smallest absolute Gasteiger partial charge is 0.240 e. The number of rotatable bonds is 4. The van der Waals surface area contributed by atoms with Crippen LogP contribution in [0.5, 0.6) is 0 Å². The number of carbonyl (C=O) groups excluding carboxylic acids is 2. The maximum atomic E-state index is 12.1. The van der Waals surface area contributed by atoms with Gasteiger partial charge in [-0.3, -0.25) is 9.59 Å². The molecule has 0 spiro atoms. The normalized spacial score (nSPS) is 16.0. The van der Waals surface area contributed by atoms with E-state index in [9.17, 15) is 9.59 Å². The average molecular weight is 314 g/mol. The van der Waals surface area contributed by atoms with E-state index in [0.717, 1.165) is 10.9 Å². The molecule has 0 aliphatic carbocycles. The molecule has 3 rings (SSSR count). The van der Waals surface area contributed by atoms with Gasteiger partial charge < -0.3 is 10.2 Å². The molecule has 2 amide bonds. The van der Waals surface area contributed by atoms with Gasteiger partial charge in [0.05, 0.1) is 17.7 Å². The van der Waals surface area contributed by atoms with Gasteiger partial charge in [0.2, 0.25) is 11.8 Å². The molecule has 114 valence electrons. The second kappa shape index (κ2) is 6.40. The van der Waals surface area contributed by atoms with Gasteiger partial charge in [-0.05, 0) is 29.3 Å². The van der Waals surface area contributed by atoms with Gasteiger partial charge in [0.1, 0.15) is 6.54 Å². The fourth-order valence-corrected chi connectivity index (χ4v) is 3.47. The zero-order valence-electron chi connectivity index (χ0n) is 12.4. The molecule has 1 fully saturated rings. The Balaban J connectivity index is 1.66. The molecule has 0 aromatic heterocycles. The largest absolute Gasteiger partial charge is 0.348 e. The van der Waals surface area contributed by atoms with Gasteiger partial charge in [0.25, 0.3) is 0 Å². The number of amides is 2. The van der Waals surface area contributed by atoms with Gasteiger partial charge in [-0.15, -0.1) is 11.8 Å². The summed E-state index contributed by atoms with van der Waals surface area (Å²) in [6.07, 6.45) is 0. The number of hydrogen-bond acceptors (Lipinski definition) is 3. The Bertz CT molecular complexity index is 717. The summed E-state index contributed by atoms with van der Waals surface area (Å²) in [5, 5.41) is 5.31. The minimum Gasteiger partial charge on any atom is -0.348 e. The molecule has 22 heavy (non-hydrogen) atoms. The molecule has 1 aliphatic rings. The van der Waals surface area contributed by atoms with Crippen LogP contribution in [0.25, 0.3) is 10.8 Å². The van der Waals surface area contributed by atoms with Crippen LogP contribution in [-0.4, -0.2) is 34.9 Å².